The molecule has 4 fully saturated rings. The quantitative estimate of drug-likeness (QED) is 0.162. The van der Waals surface area contributed by atoms with Crippen molar-refractivity contribution in [2.45, 2.75) is 83.3 Å². The molecule has 3 saturated heterocycles. The highest BCUT2D eigenvalue weighted by molar-refractivity contribution is 6.04. The molecule has 3 aliphatic heterocycles. The predicted octanol–water partition coefficient (Wildman–Crippen LogP) is 6.46. The van der Waals surface area contributed by atoms with Gasteiger partial charge in [0, 0.05) is 55.0 Å². The second kappa shape index (κ2) is 16.7. The number of anilines is 1. The number of aromatic hydroxyl groups is 1. The molecular formula is C45H54F2N6O6. The van der Waals surface area contributed by atoms with Gasteiger partial charge in [0.15, 0.2) is 5.82 Å². The second-order valence-electron chi connectivity index (χ2n) is 17.2. The molecule has 4 atom stereocenters. The van der Waals surface area contributed by atoms with Gasteiger partial charge in [0.2, 0.25) is 11.8 Å². The standard InChI is InChI=1S/C45H54F2N6O6/c1-5-7-11-35(55)52-18-14-28(24-52)23-51-17-9-16-45(15-8-10-34(45)51)27-59-43-49-40-37(41(50-43)53-19-20-58-26-44(3,56)25-53)42(57-4)48-39(38(40)47)32-22-30(54)21-29-12-13-33(46)31(6-2)36(29)32/h2,12-13,21-22,28,34,54,56H,5,7-11,14-20,23-27H2,1,3-4H3/t28?,34-,44+,45-/m1/s1. The normalized spacial score (nSPS) is 25.0. The summed E-state index contributed by atoms with van der Waals surface area (Å²) in [7, 11) is 1.40. The molecular weight excluding hydrogens is 759 g/mol. The van der Waals surface area contributed by atoms with Crippen LogP contribution in [-0.4, -0.2) is 119 Å². The third kappa shape index (κ3) is 7.97. The number of halogens is 2. The number of piperidine rings is 1. The Kier molecular flexibility index (Phi) is 11.6. The van der Waals surface area contributed by atoms with Crippen LogP contribution in [0.5, 0.6) is 17.6 Å². The van der Waals surface area contributed by atoms with Crippen molar-refractivity contribution in [3.63, 3.8) is 0 Å². The maximum Gasteiger partial charge on any atom is 0.319 e. The van der Waals surface area contributed by atoms with Crippen LogP contribution in [0.15, 0.2) is 24.3 Å². The summed E-state index contributed by atoms with van der Waals surface area (Å²) in [6.07, 6.45) is 14.4. The fraction of sp³-hybridized carbons (Fsp3) is 0.556. The van der Waals surface area contributed by atoms with Crippen molar-refractivity contribution >= 4 is 33.4 Å². The molecule has 1 aliphatic carbocycles. The minimum Gasteiger partial charge on any atom is -0.508 e. The highest BCUT2D eigenvalue weighted by Gasteiger charge is 2.49. The zero-order valence-electron chi connectivity index (χ0n) is 34.2. The molecule has 0 spiro atoms. The van der Waals surface area contributed by atoms with E-state index in [4.69, 9.17) is 30.6 Å². The molecule has 1 unspecified atom stereocenters. The number of nitrogens with zero attached hydrogens (tertiary/aromatic N) is 6. The van der Waals surface area contributed by atoms with Gasteiger partial charge in [-0.3, -0.25) is 9.69 Å². The minimum atomic E-state index is -1.26. The predicted molar refractivity (Wildman–Crippen MR) is 221 cm³/mol. The van der Waals surface area contributed by atoms with Crippen LogP contribution >= 0.6 is 0 Å². The van der Waals surface area contributed by atoms with Crippen LogP contribution in [-0.2, 0) is 9.53 Å². The van der Waals surface area contributed by atoms with Crippen molar-refractivity contribution in [2.75, 3.05) is 71.1 Å². The first-order valence-corrected chi connectivity index (χ1v) is 21.0. The average Bonchev–Trinajstić information content (AvgIpc) is 3.84. The van der Waals surface area contributed by atoms with Crippen LogP contribution in [0.25, 0.3) is 32.9 Å². The number of likely N-dealkylation sites (tertiary alicyclic amines) is 2. The molecule has 2 aromatic carbocycles. The highest BCUT2D eigenvalue weighted by Crippen LogP contribution is 2.49. The number of ether oxygens (including phenoxy) is 3. The molecule has 5 heterocycles. The maximum atomic E-state index is 17.4. The van der Waals surface area contributed by atoms with Crippen molar-refractivity contribution in [2.24, 2.45) is 11.3 Å². The fourth-order valence-corrected chi connectivity index (χ4v) is 10.1. The number of methoxy groups -OCH3 is 1. The lowest BCUT2D eigenvalue weighted by molar-refractivity contribution is -0.130. The summed E-state index contributed by atoms with van der Waals surface area (Å²) < 4.78 is 50.7. The Morgan fingerprint density at radius 2 is 1.93 bits per heavy atom. The number of unbranched alkanes of at least 4 members (excludes halogenated alkanes) is 1. The number of rotatable bonds is 11. The van der Waals surface area contributed by atoms with Gasteiger partial charge >= 0.3 is 6.01 Å². The zero-order valence-corrected chi connectivity index (χ0v) is 34.2. The number of hydrogen-bond donors (Lipinski definition) is 2. The summed E-state index contributed by atoms with van der Waals surface area (Å²) in [5, 5.41) is 22.7. The Labute approximate surface area is 343 Å². The van der Waals surface area contributed by atoms with Crippen LogP contribution in [0.1, 0.15) is 77.2 Å². The van der Waals surface area contributed by atoms with Crippen molar-refractivity contribution in [1.82, 2.24) is 24.8 Å². The number of β-amino-alcohol motifs (C(OH)–C–C–N with tert-alkyl or cyclic N) is 1. The summed E-state index contributed by atoms with van der Waals surface area (Å²) in [5.41, 5.74) is -1.88. The van der Waals surface area contributed by atoms with Crippen molar-refractivity contribution in [1.29, 1.82) is 0 Å². The number of carbonyl (C=O) groups excluding carboxylic acids is 1. The molecule has 0 bridgehead atoms. The number of phenolic OH excluding ortho intramolecular Hbond substituents is 1. The number of hydrogen-bond acceptors (Lipinski definition) is 11. The zero-order chi connectivity index (χ0) is 41.5. The van der Waals surface area contributed by atoms with Gasteiger partial charge in [0.1, 0.15) is 39.6 Å². The highest BCUT2D eigenvalue weighted by atomic mass is 19.1. The minimum absolute atomic E-state index is 0.0205. The van der Waals surface area contributed by atoms with E-state index < -0.39 is 17.2 Å². The van der Waals surface area contributed by atoms with E-state index in [0.29, 0.717) is 30.9 Å². The molecule has 1 amide bonds. The third-order valence-electron chi connectivity index (χ3n) is 12.9. The van der Waals surface area contributed by atoms with E-state index in [-0.39, 0.29) is 93.7 Å². The summed E-state index contributed by atoms with van der Waals surface area (Å²) in [5.74, 6) is 1.57. The van der Waals surface area contributed by atoms with Gasteiger partial charge in [0.25, 0.3) is 0 Å². The third-order valence-corrected chi connectivity index (χ3v) is 12.9. The second-order valence-corrected chi connectivity index (χ2v) is 17.2. The SMILES string of the molecule is C#Cc1c(F)ccc2cc(O)cc(-c3nc(OC)c4c(N5CCOC[C@@](C)(O)C5)nc(OC[C@]56CCC[C@H]5N(CC5CCN(C(=O)CCCC)C5)CCC6)nc4c3F)c12. The summed E-state index contributed by atoms with van der Waals surface area (Å²) in [6.45, 7) is 8.46. The number of pyridine rings is 1. The van der Waals surface area contributed by atoms with Crippen LogP contribution in [0.4, 0.5) is 14.6 Å². The lowest BCUT2D eigenvalue weighted by atomic mass is 9.75. The number of fused-ring (bicyclic) bond motifs is 3. The molecule has 314 valence electrons. The van der Waals surface area contributed by atoms with E-state index in [2.05, 4.69) is 22.7 Å². The maximum absolute atomic E-state index is 17.4. The Morgan fingerprint density at radius 1 is 1.10 bits per heavy atom. The number of aliphatic hydroxyl groups is 1. The number of aromatic nitrogens is 3. The van der Waals surface area contributed by atoms with Gasteiger partial charge in [0.05, 0.1) is 39.0 Å². The Hall–Kier alpha value is -4.84. The molecule has 4 aliphatic rings. The molecule has 2 aromatic heterocycles. The van der Waals surface area contributed by atoms with Crippen LogP contribution in [0, 0.1) is 35.3 Å². The van der Waals surface area contributed by atoms with Crippen molar-refractivity contribution in [3.05, 3.63) is 41.5 Å². The van der Waals surface area contributed by atoms with Gasteiger partial charge in [-0.25, -0.2) is 13.8 Å². The molecule has 1 saturated carbocycles. The topological polar surface area (TPSA) is 134 Å². The Balaban J connectivity index is 1.17. The van der Waals surface area contributed by atoms with E-state index in [1.807, 2.05) is 4.90 Å². The van der Waals surface area contributed by atoms with Gasteiger partial charge in [-0.05, 0) is 81.5 Å². The van der Waals surface area contributed by atoms with Crippen LogP contribution < -0.4 is 14.4 Å². The van der Waals surface area contributed by atoms with E-state index in [9.17, 15) is 15.0 Å². The first-order chi connectivity index (χ1) is 28.4. The first kappa shape index (κ1) is 40.9. The van der Waals surface area contributed by atoms with Gasteiger partial charge in [-0.15, -0.1) is 6.42 Å². The summed E-state index contributed by atoms with van der Waals surface area (Å²) >= 11 is 0. The smallest absolute Gasteiger partial charge is 0.319 e. The Bertz CT molecular complexity index is 2280. The molecule has 14 heteroatoms. The largest absolute Gasteiger partial charge is 0.508 e. The number of carbonyl (C=O) groups is 1. The Morgan fingerprint density at radius 3 is 2.73 bits per heavy atom. The molecule has 8 rings (SSSR count). The van der Waals surface area contributed by atoms with Gasteiger partial charge < -0.3 is 34.2 Å². The summed E-state index contributed by atoms with van der Waals surface area (Å²) in [6, 6.07) is 5.63. The van der Waals surface area contributed by atoms with Crippen LogP contribution in [0.3, 0.4) is 0 Å². The van der Waals surface area contributed by atoms with E-state index in [1.165, 1.54) is 31.4 Å². The molecule has 0 radical (unpaired) electrons. The lowest BCUT2D eigenvalue weighted by Gasteiger charge is -2.47. The van der Waals surface area contributed by atoms with Crippen LogP contribution in [0.2, 0.25) is 0 Å². The molecule has 2 N–H and O–H groups in total. The molecule has 59 heavy (non-hydrogen) atoms. The monoisotopic (exact) mass is 812 g/mol. The van der Waals surface area contributed by atoms with Crippen molar-refractivity contribution in [3.8, 4) is 41.2 Å². The summed E-state index contributed by atoms with van der Waals surface area (Å²) in [4.78, 5) is 33.5. The van der Waals surface area contributed by atoms with Crippen molar-refractivity contribution < 1.29 is 38.0 Å². The van der Waals surface area contributed by atoms with Gasteiger partial charge in [-0.1, -0.05) is 31.8 Å². The number of benzene rings is 2. The molecule has 4 aromatic rings. The lowest BCUT2D eigenvalue weighted by Crippen LogP contribution is -2.53. The first-order valence-electron chi connectivity index (χ1n) is 21.0. The van der Waals surface area contributed by atoms with E-state index in [0.717, 1.165) is 77.5 Å². The van der Waals surface area contributed by atoms with E-state index in [1.54, 1.807) is 11.8 Å². The number of phenols is 1. The average molecular weight is 813 g/mol. The number of amides is 1. The number of terminal acetylenes is 1. The van der Waals surface area contributed by atoms with E-state index >= 15 is 8.78 Å². The van der Waals surface area contributed by atoms with Gasteiger partial charge in [-0.2, -0.15) is 9.97 Å². The fourth-order valence-electron chi connectivity index (χ4n) is 10.1. The molecule has 12 nitrogen and oxygen atoms in total.